The Kier molecular flexibility index (Phi) is 6.02. The van der Waals surface area contributed by atoms with Crippen LogP contribution in [-0.2, 0) is 14.8 Å². The molecular formula is C19H18ClN2O5S-. The SMILES string of the molecule is O=C(Nc1ccc(S(=O)(=O)N2CCC(C(=O)[O-])CC2)cc1)c1ccccc1Cl. The summed E-state index contributed by atoms with van der Waals surface area (Å²) in [6.45, 7) is 0.262. The van der Waals surface area contributed by atoms with Crippen LogP contribution in [0.5, 0.6) is 0 Å². The highest BCUT2D eigenvalue weighted by Crippen LogP contribution is 2.25. The summed E-state index contributed by atoms with van der Waals surface area (Å²) in [6, 6.07) is 12.4. The highest BCUT2D eigenvalue weighted by atomic mass is 35.5. The Bertz CT molecular complexity index is 984. The third kappa shape index (κ3) is 4.35. The third-order valence-corrected chi connectivity index (χ3v) is 6.90. The fourth-order valence-corrected chi connectivity index (χ4v) is 4.73. The van der Waals surface area contributed by atoms with Crippen molar-refractivity contribution in [3.63, 3.8) is 0 Å². The van der Waals surface area contributed by atoms with E-state index in [2.05, 4.69) is 5.32 Å². The molecule has 1 amide bonds. The van der Waals surface area contributed by atoms with Crippen molar-refractivity contribution in [3.05, 3.63) is 59.1 Å². The van der Waals surface area contributed by atoms with Crippen LogP contribution >= 0.6 is 11.6 Å². The van der Waals surface area contributed by atoms with Crippen LogP contribution in [0.4, 0.5) is 5.69 Å². The summed E-state index contributed by atoms with van der Waals surface area (Å²) in [4.78, 5) is 23.3. The van der Waals surface area contributed by atoms with Crippen LogP contribution in [-0.4, -0.2) is 37.7 Å². The molecule has 0 atom stereocenters. The molecule has 0 radical (unpaired) electrons. The van der Waals surface area contributed by atoms with Crippen molar-refractivity contribution in [2.45, 2.75) is 17.7 Å². The van der Waals surface area contributed by atoms with Gasteiger partial charge in [0.1, 0.15) is 0 Å². The average molecular weight is 422 g/mol. The maximum absolute atomic E-state index is 12.7. The summed E-state index contributed by atoms with van der Waals surface area (Å²) in [5, 5.41) is 13.9. The third-order valence-electron chi connectivity index (χ3n) is 4.66. The molecule has 0 saturated carbocycles. The number of amides is 1. The Morgan fingerprint density at radius 1 is 1.04 bits per heavy atom. The molecule has 1 fully saturated rings. The summed E-state index contributed by atoms with van der Waals surface area (Å²) < 4.78 is 26.7. The number of nitrogens with one attached hydrogen (secondary N) is 1. The molecule has 0 bridgehead atoms. The lowest BCUT2D eigenvalue weighted by atomic mass is 9.99. The van der Waals surface area contributed by atoms with E-state index in [1.807, 2.05) is 0 Å². The van der Waals surface area contributed by atoms with Gasteiger partial charge in [-0.1, -0.05) is 23.7 Å². The van der Waals surface area contributed by atoms with E-state index in [-0.39, 0.29) is 30.8 Å². The molecule has 2 aromatic carbocycles. The Morgan fingerprint density at radius 2 is 1.64 bits per heavy atom. The maximum Gasteiger partial charge on any atom is 0.257 e. The second-order valence-electron chi connectivity index (χ2n) is 6.46. The number of anilines is 1. The van der Waals surface area contributed by atoms with Crippen LogP contribution in [0.1, 0.15) is 23.2 Å². The number of carbonyl (C=O) groups excluding carboxylic acids is 2. The van der Waals surface area contributed by atoms with Crippen molar-refractivity contribution in [1.29, 1.82) is 0 Å². The van der Waals surface area contributed by atoms with Crippen LogP contribution in [0, 0.1) is 5.92 Å². The molecule has 28 heavy (non-hydrogen) atoms. The first kappa shape index (κ1) is 20.3. The predicted octanol–water partition coefficient (Wildman–Crippen LogP) is 1.74. The zero-order valence-corrected chi connectivity index (χ0v) is 16.4. The lowest BCUT2D eigenvalue weighted by Gasteiger charge is -2.31. The van der Waals surface area contributed by atoms with Gasteiger partial charge in [0.2, 0.25) is 10.0 Å². The quantitative estimate of drug-likeness (QED) is 0.791. The number of hydrogen-bond acceptors (Lipinski definition) is 5. The monoisotopic (exact) mass is 421 g/mol. The number of rotatable bonds is 5. The molecular weight excluding hydrogens is 404 g/mol. The second kappa shape index (κ2) is 8.30. The molecule has 0 aromatic heterocycles. The first-order chi connectivity index (χ1) is 13.3. The Morgan fingerprint density at radius 3 is 2.21 bits per heavy atom. The van der Waals surface area contributed by atoms with Crippen LogP contribution < -0.4 is 10.4 Å². The lowest BCUT2D eigenvalue weighted by Crippen LogP contribution is -2.43. The van der Waals surface area contributed by atoms with Gasteiger partial charge in [-0.25, -0.2) is 8.42 Å². The molecule has 7 nitrogen and oxygen atoms in total. The van der Waals surface area contributed by atoms with Crippen molar-refractivity contribution >= 4 is 39.2 Å². The summed E-state index contributed by atoms with van der Waals surface area (Å²) in [5.74, 6) is -2.16. The van der Waals surface area contributed by atoms with Gasteiger partial charge in [0.25, 0.3) is 5.91 Å². The Balaban J connectivity index is 1.69. The lowest BCUT2D eigenvalue weighted by molar-refractivity contribution is -0.312. The maximum atomic E-state index is 12.7. The number of hydrogen-bond donors (Lipinski definition) is 1. The number of nitrogens with zero attached hydrogens (tertiary/aromatic N) is 1. The van der Waals surface area contributed by atoms with Gasteiger partial charge in [-0.3, -0.25) is 4.79 Å². The van der Waals surface area contributed by atoms with Gasteiger partial charge >= 0.3 is 0 Å². The molecule has 2 aromatic rings. The van der Waals surface area contributed by atoms with Gasteiger partial charge in [-0.15, -0.1) is 0 Å². The largest absolute Gasteiger partial charge is 0.550 e. The van der Waals surface area contributed by atoms with E-state index < -0.39 is 27.8 Å². The van der Waals surface area contributed by atoms with E-state index in [9.17, 15) is 23.1 Å². The topological polar surface area (TPSA) is 107 Å². The van der Waals surface area contributed by atoms with Crippen molar-refractivity contribution in [2.75, 3.05) is 18.4 Å². The molecule has 148 valence electrons. The molecule has 1 saturated heterocycles. The minimum absolute atomic E-state index is 0.0788. The van der Waals surface area contributed by atoms with E-state index >= 15 is 0 Å². The van der Waals surface area contributed by atoms with E-state index in [0.717, 1.165) is 0 Å². The van der Waals surface area contributed by atoms with Crippen molar-refractivity contribution in [3.8, 4) is 0 Å². The molecule has 9 heteroatoms. The van der Waals surface area contributed by atoms with Crippen LogP contribution in [0.3, 0.4) is 0 Å². The minimum Gasteiger partial charge on any atom is -0.550 e. The Hall–Kier alpha value is -2.42. The number of piperidine rings is 1. The zero-order chi connectivity index (χ0) is 20.3. The average Bonchev–Trinajstić information content (AvgIpc) is 2.68. The highest BCUT2D eigenvalue weighted by molar-refractivity contribution is 7.89. The first-order valence-corrected chi connectivity index (χ1v) is 10.5. The molecule has 1 aliphatic rings. The minimum atomic E-state index is -3.73. The number of benzene rings is 2. The van der Waals surface area contributed by atoms with Crippen molar-refractivity contribution in [1.82, 2.24) is 4.31 Å². The normalized spacial score (nSPS) is 15.9. The van der Waals surface area contributed by atoms with Crippen LogP contribution in [0.2, 0.25) is 5.02 Å². The van der Waals surface area contributed by atoms with Gasteiger partial charge in [-0.2, -0.15) is 4.31 Å². The number of carboxylic acid groups (broad SMARTS) is 1. The van der Waals surface area contributed by atoms with E-state index in [0.29, 0.717) is 16.3 Å². The molecule has 1 aliphatic heterocycles. The number of halogens is 1. The van der Waals surface area contributed by atoms with E-state index in [4.69, 9.17) is 11.6 Å². The fraction of sp³-hybridized carbons (Fsp3) is 0.263. The summed E-state index contributed by atoms with van der Waals surface area (Å²) >= 11 is 6.00. The second-order valence-corrected chi connectivity index (χ2v) is 8.80. The molecule has 0 aliphatic carbocycles. The predicted molar refractivity (Wildman–Crippen MR) is 102 cm³/mol. The molecule has 1 N–H and O–H groups in total. The number of aliphatic carboxylic acids is 1. The fourth-order valence-electron chi connectivity index (χ4n) is 3.03. The van der Waals surface area contributed by atoms with Crippen molar-refractivity contribution < 1.29 is 23.1 Å². The summed E-state index contributed by atoms with van der Waals surface area (Å²) in [7, 11) is -3.73. The summed E-state index contributed by atoms with van der Waals surface area (Å²) in [6.07, 6.45) is 0.459. The molecule has 3 rings (SSSR count). The van der Waals surface area contributed by atoms with Crippen LogP contribution in [0.25, 0.3) is 0 Å². The number of sulfonamides is 1. The van der Waals surface area contributed by atoms with E-state index in [1.54, 1.807) is 24.3 Å². The zero-order valence-electron chi connectivity index (χ0n) is 14.8. The number of carboxylic acids is 1. The highest BCUT2D eigenvalue weighted by Gasteiger charge is 2.29. The standard InChI is InChI=1S/C19H19ClN2O5S/c20-17-4-2-1-3-16(17)18(23)21-14-5-7-15(8-6-14)28(26,27)22-11-9-13(10-12-22)19(24)25/h1-8,13H,9-12H2,(H,21,23)(H,24,25)/p-1. The van der Waals surface area contributed by atoms with Gasteiger partial charge < -0.3 is 15.2 Å². The smallest absolute Gasteiger partial charge is 0.257 e. The Labute approximate surface area is 168 Å². The first-order valence-electron chi connectivity index (χ1n) is 8.66. The number of carbonyl (C=O) groups is 2. The van der Waals surface area contributed by atoms with Gasteiger partial charge in [0.15, 0.2) is 0 Å². The summed E-state index contributed by atoms with van der Waals surface area (Å²) in [5.41, 5.74) is 0.746. The van der Waals surface area contributed by atoms with Gasteiger partial charge in [0, 0.05) is 30.7 Å². The molecule has 1 heterocycles. The molecule has 0 unspecified atom stereocenters. The van der Waals surface area contributed by atoms with Crippen molar-refractivity contribution in [2.24, 2.45) is 5.92 Å². The van der Waals surface area contributed by atoms with Gasteiger partial charge in [0.05, 0.1) is 15.5 Å². The van der Waals surface area contributed by atoms with Crippen LogP contribution in [0.15, 0.2) is 53.4 Å². The molecule has 0 spiro atoms. The van der Waals surface area contributed by atoms with E-state index in [1.165, 1.54) is 28.6 Å². The van der Waals surface area contributed by atoms with Gasteiger partial charge in [-0.05, 0) is 49.2 Å².